The standard InChI is InChI=1S/C21H35N3O3/c1-15-7-6-8-16(13-15)11-12-23-21(22-2)24-14-17-9-10-18(25-3)20(27-5)19(17)26-4/h9-10,15-16H,6-8,11-14H2,1-5H3,(H2,22,23,24). The Bertz CT molecular complexity index is 619. The molecule has 1 saturated carbocycles. The monoisotopic (exact) mass is 377 g/mol. The molecule has 2 N–H and O–H groups in total. The Morgan fingerprint density at radius 2 is 1.85 bits per heavy atom. The zero-order valence-electron chi connectivity index (χ0n) is 17.4. The predicted molar refractivity (Wildman–Crippen MR) is 110 cm³/mol. The van der Waals surface area contributed by atoms with Crippen LogP contribution in [0.2, 0.25) is 0 Å². The first-order valence-corrected chi connectivity index (χ1v) is 9.85. The summed E-state index contributed by atoms with van der Waals surface area (Å²) in [5, 5.41) is 6.79. The van der Waals surface area contributed by atoms with Gasteiger partial charge in [0.05, 0.1) is 21.3 Å². The van der Waals surface area contributed by atoms with Crippen molar-refractivity contribution in [3.63, 3.8) is 0 Å². The minimum atomic E-state index is 0.587. The molecule has 0 heterocycles. The summed E-state index contributed by atoms with van der Waals surface area (Å²) in [6.07, 6.45) is 6.68. The average molecular weight is 378 g/mol. The van der Waals surface area contributed by atoms with E-state index in [0.717, 1.165) is 29.9 Å². The summed E-state index contributed by atoms with van der Waals surface area (Å²) in [4.78, 5) is 4.33. The summed E-state index contributed by atoms with van der Waals surface area (Å²) in [5.41, 5.74) is 0.985. The maximum Gasteiger partial charge on any atom is 0.203 e. The molecule has 1 aromatic rings. The van der Waals surface area contributed by atoms with E-state index in [1.807, 2.05) is 12.1 Å². The number of benzene rings is 1. The van der Waals surface area contributed by atoms with E-state index in [9.17, 15) is 0 Å². The topological polar surface area (TPSA) is 64.1 Å². The number of methoxy groups -OCH3 is 3. The third-order valence-corrected chi connectivity index (χ3v) is 5.35. The maximum absolute atomic E-state index is 5.54. The molecule has 2 rings (SSSR count). The normalized spacial score (nSPS) is 20.1. The number of nitrogens with zero attached hydrogens (tertiary/aromatic N) is 1. The molecular formula is C21H35N3O3. The molecule has 0 radical (unpaired) electrons. The third kappa shape index (κ3) is 5.94. The maximum atomic E-state index is 5.54. The minimum absolute atomic E-state index is 0.587. The van der Waals surface area contributed by atoms with E-state index in [4.69, 9.17) is 14.2 Å². The van der Waals surface area contributed by atoms with Crippen molar-refractivity contribution in [3.8, 4) is 17.2 Å². The Kier molecular flexibility index (Phi) is 8.55. The average Bonchev–Trinajstić information content (AvgIpc) is 2.69. The van der Waals surface area contributed by atoms with Gasteiger partial charge in [-0.1, -0.05) is 26.2 Å². The molecule has 0 spiro atoms. The number of guanidine groups is 1. The Morgan fingerprint density at radius 3 is 2.48 bits per heavy atom. The molecule has 0 aliphatic heterocycles. The minimum Gasteiger partial charge on any atom is -0.493 e. The van der Waals surface area contributed by atoms with Crippen LogP contribution in [0.15, 0.2) is 17.1 Å². The molecule has 152 valence electrons. The van der Waals surface area contributed by atoms with E-state index < -0.39 is 0 Å². The van der Waals surface area contributed by atoms with Gasteiger partial charge in [-0.2, -0.15) is 0 Å². The first-order valence-electron chi connectivity index (χ1n) is 9.85. The number of rotatable bonds is 8. The van der Waals surface area contributed by atoms with Gasteiger partial charge in [0.25, 0.3) is 0 Å². The van der Waals surface area contributed by atoms with Crippen LogP contribution in [0.3, 0.4) is 0 Å². The molecule has 1 fully saturated rings. The molecule has 1 aliphatic carbocycles. The molecule has 0 amide bonds. The predicted octanol–water partition coefficient (Wildman–Crippen LogP) is 3.59. The molecule has 6 heteroatoms. The van der Waals surface area contributed by atoms with E-state index in [2.05, 4.69) is 22.5 Å². The highest BCUT2D eigenvalue weighted by Gasteiger charge is 2.19. The highest BCUT2D eigenvalue weighted by Crippen LogP contribution is 2.39. The highest BCUT2D eigenvalue weighted by molar-refractivity contribution is 5.79. The molecule has 0 bridgehead atoms. The lowest BCUT2D eigenvalue weighted by Crippen LogP contribution is -2.38. The van der Waals surface area contributed by atoms with E-state index in [1.165, 1.54) is 32.1 Å². The van der Waals surface area contributed by atoms with Gasteiger partial charge in [-0.3, -0.25) is 4.99 Å². The molecule has 1 aromatic carbocycles. The van der Waals surface area contributed by atoms with Gasteiger partial charge >= 0.3 is 0 Å². The lowest BCUT2D eigenvalue weighted by atomic mass is 9.81. The van der Waals surface area contributed by atoms with Crippen molar-refractivity contribution in [1.82, 2.24) is 10.6 Å². The largest absolute Gasteiger partial charge is 0.493 e. The van der Waals surface area contributed by atoms with Crippen LogP contribution < -0.4 is 24.8 Å². The second kappa shape index (κ2) is 10.9. The summed E-state index contributed by atoms with van der Waals surface area (Å²) in [6, 6.07) is 3.86. The second-order valence-corrected chi connectivity index (χ2v) is 7.27. The fourth-order valence-electron chi connectivity index (χ4n) is 3.92. The lowest BCUT2D eigenvalue weighted by molar-refractivity contribution is 0.270. The molecule has 2 atom stereocenters. The highest BCUT2D eigenvalue weighted by atomic mass is 16.5. The van der Waals surface area contributed by atoms with Gasteiger partial charge in [-0.25, -0.2) is 0 Å². The first kappa shape index (κ1) is 21.2. The number of nitrogens with one attached hydrogen (secondary N) is 2. The van der Waals surface area contributed by atoms with Crippen molar-refractivity contribution in [2.75, 3.05) is 34.9 Å². The number of aliphatic imine (C=N–C) groups is 1. The van der Waals surface area contributed by atoms with Crippen LogP contribution in [0, 0.1) is 11.8 Å². The van der Waals surface area contributed by atoms with Crippen LogP contribution in [0.5, 0.6) is 17.2 Å². The van der Waals surface area contributed by atoms with Crippen molar-refractivity contribution >= 4 is 5.96 Å². The van der Waals surface area contributed by atoms with E-state index in [-0.39, 0.29) is 0 Å². The Balaban J connectivity index is 1.88. The van der Waals surface area contributed by atoms with E-state index in [0.29, 0.717) is 23.8 Å². The van der Waals surface area contributed by atoms with Gasteiger partial charge in [0.15, 0.2) is 17.5 Å². The van der Waals surface area contributed by atoms with Gasteiger partial charge in [0.2, 0.25) is 5.75 Å². The number of hydrogen-bond donors (Lipinski definition) is 2. The van der Waals surface area contributed by atoms with Crippen molar-refractivity contribution in [2.45, 2.75) is 45.6 Å². The SMILES string of the molecule is CN=C(NCCC1CCCC(C)C1)NCc1ccc(OC)c(OC)c1OC. The quantitative estimate of drug-likeness (QED) is 0.535. The molecule has 0 saturated heterocycles. The fraction of sp³-hybridized carbons (Fsp3) is 0.667. The van der Waals surface area contributed by atoms with Crippen LogP contribution in [0.4, 0.5) is 0 Å². The summed E-state index contributed by atoms with van der Waals surface area (Å²) < 4.78 is 16.3. The van der Waals surface area contributed by atoms with Gasteiger partial charge in [0.1, 0.15) is 0 Å². The zero-order chi connectivity index (χ0) is 19.6. The van der Waals surface area contributed by atoms with Crippen LogP contribution in [0.1, 0.15) is 44.6 Å². The molecule has 6 nitrogen and oxygen atoms in total. The molecular weight excluding hydrogens is 342 g/mol. The third-order valence-electron chi connectivity index (χ3n) is 5.35. The Morgan fingerprint density at radius 1 is 1.07 bits per heavy atom. The van der Waals surface area contributed by atoms with E-state index >= 15 is 0 Å². The number of ether oxygens (including phenoxy) is 3. The van der Waals surface area contributed by atoms with E-state index in [1.54, 1.807) is 28.4 Å². The summed E-state index contributed by atoms with van der Waals surface area (Å²) in [7, 11) is 6.67. The lowest BCUT2D eigenvalue weighted by Gasteiger charge is -2.26. The number of hydrogen-bond acceptors (Lipinski definition) is 4. The first-order chi connectivity index (χ1) is 13.1. The fourth-order valence-corrected chi connectivity index (χ4v) is 3.92. The van der Waals surface area contributed by atoms with Crippen LogP contribution in [-0.2, 0) is 6.54 Å². The summed E-state index contributed by atoms with van der Waals surface area (Å²) in [6.45, 7) is 3.90. The van der Waals surface area contributed by atoms with Crippen molar-refractivity contribution in [3.05, 3.63) is 17.7 Å². The molecule has 2 unspecified atom stereocenters. The molecule has 1 aliphatic rings. The summed E-state index contributed by atoms with van der Waals surface area (Å²) >= 11 is 0. The second-order valence-electron chi connectivity index (χ2n) is 7.27. The molecule has 27 heavy (non-hydrogen) atoms. The van der Waals surface area contributed by atoms with Gasteiger partial charge < -0.3 is 24.8 Å². The van der Waals surface area contributed by atoms with Crippen molar-refractivity contribution in [2.24, 2.45) is 16.8 Å². The van der Waals surface area contributed by atoms with Crippen molar-refractivity contribution in [1.29, 1.82) is 0 Å². The van der Waals surface area contributed by atoms with Crippen LogP contribution in [0.25, 0.3) is 0 Å². The molecule has 0 aromatic heterocycles. The van der Waals surface area contributed by atoms with Crippen LogP contribution >= 0.6 is 0 Å². The summed E-state index contributed by atoms with van der Waals surface area (Å²) in [5.74, 6) is 4.45. The van der Waals surface area contributed by atoms with Gasteiger partial charge in [-0.05, 0) is 36.8 Å². The van der Waals surface area contributed by atoms with Crippen LogP contribution in [-0.4, -0.2) is 40.9 Å². The Labute approximate surface area is 163 Å². The van der Waals surface area contributed by atoms with Crippen molar-refractivity contribution < 1.29 is 14.2 Å². The smallest absolute Gasteiger partial charge is 0.203 e. The van der Waals surface area contributed by atoms with Gasteiger partial charge in [-0.15, -0.1) is 0 Å². The van der Waals surface area contributed by atoms with Gasteiger partial charge in [0, 0.05) is 25.7 Å². The zero-order valence-corrected chi connectivity index (χ0v) is 17.4. The Hall–Kier alpha value is -2.11.